The van der Waals surface area contributed by atoms with Crippen LogP contribution in [0.15, 0.2) is 0 Å². The van der Waals surface area contributed by atoms with Gasteiger partial charge in [-0.2, -0.15) is 0 Å². The maximum atomic E-state index is 8.50. The Morgan fingerprint density at radius 3 is 1.29 bits per heavy atom. The molecule has 0 aromatic heterocycles. The van der Waals surface area contributed by atoms with Gasteiger partial charge in [0.2, 0.25) is 0 Å². The molecule has 0 spiro atoms. The Hall–Kier alpha value is 2.77. The summed E-state index contributed by atoms with van der Waals surface area (Å²) in [6.07, 6.45) is 0. The summed E-state index contributed by atoms with van der Waals surface area (Å²) >= 11 is -2.00. The first kappa shape index (κ1) is 33.0. The van der Waals surface area contributed by atoms with Crippen LogP contribution in [0, 0.1) is 0 Å². The van der Waals surface area contributed by atoms with E-state index in [1.54, 1.807) is 0 Å². The van der Waals surface area contributed by atoms with Gasteiger partial charge in [0, 0.05) is 0 Å². The molecule has 7 heavy (non-hydrogen) atoms. The Labute approximate surface area is 104 Å². The van der Waals surface area contributed by atoms with Crippen molar-refractivity contribution in [3.63, 3.8) is 0 Å². The summed E-state index contributed by atoms with van der Waals surface area (Å²) in [5, 5.41) is 0. The topological polar surface area (TPSA) is 40.1 Å². The van der Waals surface area contributed by atoms with Crippen LogP contribution in [-0.4, -0.2) is 68.5 Å². The molecule has 0 fully saturated rings. The van der Waals surface area contributed by atoms with Crippen LogP contribution in [0.1, 0.15) is 0 Å². The zero-order chi connectivity index (χ0) is 2.71. The van der Waals surface area contributed by atoms with Crippen LogP contribution >= 0.6 is 0 Å². The average molecular weight is 352 g/mol. The Morgan fingerprint density at radius 1 is 1.29 bits per heavy atom. The fourth-order valence-corrected chi connectivity index (χ4v) is 0. The van der Waals surface area contributed by atoms with Crippen molar-refractivity contribution < 1.29 is 37.5 Å². The minimum atomic E-state index is -2.00. The van der Waals surface area contributed by atoms with Gasteiger partial charge in [-0.1, -0.05) is 0 Å². The van der Waals surface area contributed by atoms with E-state index in [1.165, 1.54) is 0 Å². The van der Waals surface area contributed by atoms with Gasteiger partial charge in [0.15, 0.2) is 0 Å². The molecular weight excluding hydrogens is 345 g/mol. The fraction of sp³-hybridized carbons (Fsp3) is 0. The first-order chi connectivity index (χ1) is 1.41. The summed E-state index contributed by atoms with van der Waals surface area (Å²) < 4.78 is 17.0. The van der Waals surface area contributed by atoms with Gasteiger partial charge in [0.25, 0.3) is 0 Å². The number of rotatable bonds is 0. The van der Waals surface area contributed by atoms with E-state index in [4.69, 9.17) is 7.91 Å². The van der Waals surface area contributed by atoms with Gasteiger partial charge in [0.05, 0.1) is 0 Å². The van der Waals surface area contributed by atoms with Crippen molar-refractivity contribution in [2.75, 3.05) is 0 Å². The number of hydrogen-bond acceptors (Lipinski definition) is 2. The van der Waals surface area contributed by atoms with Crippen molar-refractivity contribution in [3.8, 4) is 0 Å². The molecule has 0 aliphatic carbocycles. The van der Waals surface area contributed by atoms with Crippen LogP contribution < -0.4 is 33.7 Å². The fourth-order valence-electron chi connectivity index (χ4n) is 0. The molecule has 0 heterocycles. The van der Waals surface area contributed by atoms with Crippen molar-refractivity contribution >= 4 is 68.5 Å². The van der Waals surface area contributed by atoms with Crippen LogP contribution in [0.5, 0.6) is 0 Å². The van der Waals surface area contributed by atoms with Crippen LogP contribution in [0.4, 0.5) is 0 Å². The standard InChI is InChI=1S/GeO2.GeH3.2GeH2.Na/c2-1-3;;;;/h;1H3;2*1H2;/q-1;;;;+1. The van der Waals surface area contributed by atoms with Gasteiger partial charge in [-0.25, -0.2) is 0 Å². The quantitative estimate of drug-likeness (QED) is 0.407. The van der Waals surface area contributed by atoms with E-state index in [0.29, 0.717) is 0 Å². The Kier molecular flexibility index (Phi) is 176. The van der Waals surface area contributed by atoms with Crippen molar-refractivity contribution in [2.24, 2.45) is 0 Å². The molecule has 0 atom stereocenters. The van der Waals surface area contributed by atoms with Crippen molar-refractivity contribution in [3.05, 3.63) is 0 Å². The zero-order valence-corrected chi connectivity index (χ0v) is 19.0. The van der Waals surface area contributed by atoms with Crippen LogP contribution in [0.3, 0.4) is 0 Å². The van der Waals surface area contributed by atoms with E-state index in [2.05, 4.69) is 0 Å². The Balaban J connectivity index is -0.00000000333. The normalized spacial score (nSPS) is 1.71. The molecule has 6 radical (unpaired) electrons. The zero-order valence-electron chi connectivity index (χ0n) is 4.73. The molecule has 0 saturated heterocycles. The van der Waals surface area contributed by atoms with Crippen LogP contribution in [-0.2, 0) is 3.78 Å². The maximum absolute atomic E-state index is 8.50. The van der Waals surface area contributed by atoms with Crippen molar-refractivity contribution in [1.82, 2.24) is 0 Å². The molecule has 0 aliphatic heterocycles. The van der Waals surface area contributed by atoms with E-state index in [0.717, 1.165) is 0 Å². The first-order valence-corrected chi connectivity index (χ1v) is 2.12. The predicted molar refractivity (Wildman–Crippen MR) is 33.5 cm³/mol. The predicted octanol–water partition coefficient (Wildman–Crippen LogP) is -7.70. The Bertz CT molecular complexity index is 17.2. The molecule has 0 aromatic carbocycles. The molecular formula is H7Ge4NaO2. The van der Waals surface area contributed by atoms with E-state index in [-0.39, 0.29) is 82.3 Å². The Morgan fingerprint density at radius 2 is 1.29 bits per heavy atom. The number of hydrogen-bond donors (Lipinski definition) is 0. The van der Waals surface area contributed by atoms with Gasteiger partial charge in [-0.15, -0.1) is 0 Å². The molecule has 0 saturated carbocycles. The second-order valence-electron chi connectivity index (χ2n) is 0.0833. The summed E-state index contributed by atoms with van der Waals surface area (Å²) in [6, 6.07) is 0. The van der Waals surface area contributed by atoms with Crippen LogP contribution in [0.25, 0.3) is 0 Å². The third-order valence-electron chi connectivity index (χ3n) is 0. The van der Waals surface area contributed by atoms with Gasteiger partial charge < -0.3 is 0 Å². The molecule has 0 bridgehead atoms. The summed E-state index contributed by atoms with van der Waals surface area (Å²) in [4.78, 5) is 0. The molecule has 36 valence electrons. The summed E-state index contributed by atoms with van der Waals surface area (Å²) in [6.45, 7) is 0. The summed E-state index contributed by atoms with van der Waals surface area (Å²) in [5.74, 6) is 0. The SMILES string of the molecule is [GeH2].[GeH2].[GeH3].[Na+].[O]=[Ge][O-]. The molecule has 7 heteroatoms. The van der Waals surface area contributed by atoms with Gasteiger partial charge in [0.1, 0.15) is 0 Å². The molecule has 0 aromatic rings. The third-order valence-corrected chi connectivity index (χ3v) is 0. The van der Waals surface area contributed by atoms with Gasteiger partial charge in [-0.3, -0.25) is 0 Å². The molecule has 0 rings (SSSR count). The van der Waals surface area contributed by atoms with Gasteiger partial charge in [-0.05, 0) is 0 Å². The summed E-state index contributed by atoms with van der Waals surface area (Å²) in [5.41, 5.74) is 0. The average Bonchev–Trinajstić information content (AvgIpc) is 0.918. The first-order valence-electron chi connectivity index (χ1n) is 0.408. The van der Waals surface area contributed by atoms with Crippen molar-refractivity contribution in [1.29, 1.82) is 0 Å². The monoisotopic (exact) mass is 358 g/mol. The third kappa shape index (κ3) is 52.4. The minimum absolute atomic E-state index is 0. The molecule has 0 N–H and O–H groups in total. The van der Waals surface area contributed by atoms with E-state index >= 15 is 0 Å². The van der Waals surface area contributed by atoms with E-state index in [1.807, 2.05) is 0 Å². The van der Waals surface area contributed by atoms with Crippen LogP contribution in [0.2, 0.25) is 0 Å². The second-order valence-corrected chi connectivity index (χ2v) is 0.433. The van der Waals surface area contributed by atoms with E-state index in [9.17, 15) is 0 Å². The van der Waals surface area contributed by atoms with Gasteiger partial charge >= 0.3 is 106 Å². The molecule has 0 aliphatic rings. The van der Waals surface area contributed by atoms with E-state index < -0.39 is 15.7 Å². The summed E-state index contributed by atoms with van der Waals surface area (Å²) in [7, 11) is 0. The second kappa shape index (κ2) is 37.2. The molecule has 0 amide bonds. The molecule has 0 unspecified atom stereocenters. The molecule has 2 nitrogen and oxygen atoms in total. The van der Waals surface area contributed by atoms with Crippen molar-refractivity contribution in [2.45, 2.75) is 0 Å².